The van der Waals surface area contributed by atoms with E-state index in [1.54, 1.807) is 31.4 Å². The Morgan fingerprint density at radius 1 is 1.09 bits per heavy atom. The zero-order chi connectivity index (χ0) is 22.8. The molecule has 3 aromatic rings. The Kier molecular flexibility index (Phi) is 6.01. The lowest BCUT2D eigenvalue weighted by atomic mass is 9.95. The van der Waals surface area contributed by atoms with Crippen LogP contribution in [0.4, 0.5) is 0 Å². The number of hydrogen-bond donors (Lipinski definition) is 1. The van der Waals surface area contributed by atoms with E-state index in [2.05, 4.69) is 0 Å². The second-order valence-electron chi connectivity index (χ2n) is 7.78. The van der Waals surface area contributed by atoms with E-state index < -0.39 is 17.7 Å². The van der Waals surface area contributed by atoms with Crippen molar-refractivity contribution in [1.29, 1.82) is 0 Å². The van der Waals surface area contributed by atoms with E-state index in [0.717, 1.165) is 16.5 Å². The van der Waals surface area contributed by atoms with Crippen LogP contribution >= 0.6 is 0 Å². The predicted molar refractivity (Wildman–Crippen MR) is 121 cm³/mol. The zero-order valence-electron chi connectivity index (χ0n) is 18.4. The van der Waals surface area contributed by atoms with E-state index in [1.165, 1.54) is 12.0 Å². The normalized spacial score (nSPS) is 18.0. The SMILES string of the molecule is COCCCN1C(=O)C(=O)/C(=C(/O)c2cccc(OC)c2)C1c1cn(C)c2ccccc12. The molecule has 1 saturated heterocycles. The number of benzene rings is 2. The van der Waals surface area contributed by atoms with Crippen LogP contribution in [0.2, 0.25) is 0 Å². The summed E-state index contributed by atoms with van der Waals surface area (Å²) in [4.78, 5) is 27.8. The summed E-state index contributed by atoms with van der Waals surface area (Å²) in [6.07, 6.45) is 2.49. The Hall–Kier alpha value is -3.58. The second-order valence-corrected chi connectivity index (χ2v) is 7.78. The van der Waals surface area contributed by atoms with Crippen LogP contribution in [-0.2, 0) is 21.4 Å². The topological polar surface area (TPSA) is 81.0 Å². The van der Waals surface area contributed by atoms with Gasteiger partial charge < -0.3 is 24.0 Å². The van der Waals surface area contributed by atoms with Gasteiger partial charge in [0, 0.05) is 55.5 Å². The fourth-order valence-corrected chi connectivity index (χ4v) is 4.33. The monoisotopic (exact) mass is 434 g/mol. The van der Waals surface area contributed by atoms with E-state index in [4.69, 9.17) is 9.47 Å². The molecule has 1 atom stereocenters. The van der Waals surface area contributed by atoms with Crippen LogP contribution < -0.4 is 4.74 Å². The number of carbonyl (C=O) groups is 2. The Labute approximate surface area is 186 Å². The summed E-state index contributed by atoms with van der Waals surface area (Å²) < 4.78 is 12.4. The largest absolute Gasteiger partial charge is 0.507 e. The molecular weight excluding hydrogens is 408 g/mol. The number of likely N-dealkylation sites (tertiary alicyclic amines) is 1. The molecule has 0 aliphatic carbocycles. The van der Waals surface area contributed by atoms with Gasteiger partial charge in [0.05, 0.1) is 18.7 Å². The first kappa shape index (κ1) is 21.6. The van der Waals surface area contributed by atoms with Gasteiger partial charge in [0.2, 0.25) is 0 Å². The van der Waals surface area contributed by atoms with Gasteiger partial charge in [-0.3, -0.25) is 9.59 Å². The molecule has 2 heterocycles. The number of methoxy groups -OCH3 is 2. The van der Waals surface area contributed by atoms with Gasteiger partial charge >= 0.3 is 0 Å². The lowest BCUT2D eigenvalue weighted by molar-refractivity contribution is -0.140. The number of ketones is 1. The number of nitrogens with zero attached hydrogens (tertiary/aromatic N) is 2. The van der Waals surface area contributed by atoms with Crippen LogP contribution in [0, 0.1) is 0 Å². The fourth-order valence-electron chi connectivity index (χ4n) is 4.33. The molecule has 0 spiro atoms. The molecule has 1 N–H and O–H groups in total. The van der Waals surface area contributed by atoms with E-state index >= 15 is 0 Å². The van der Waals surface area contributed by atoms with Crippen LogP contribution in [0.5, 0.6) is 5.75 Å². The molecule has 2 aromatic carbocycles. The number of rotatable bonds is 7. The number of ether oxygens (including phenoxy) is 2. The Bertz CT molecular complexity index is 1210. The van der Waals surface area contributed by atoms with E-state index in [9.17, 15) is 14.7 Å². The summed E-state index contributed by atoms with van der Waals surface area (Å²) >= 11 is 0. The standard InChI is InChI=1S/C25H26N2O5/c1-26-15-19(18-10-4-5-11-20(18)26)22-21(23(28)16-8-6-9-17(14-16)32-3)24(29)25(30)27(22)12-7-13-31-2/h4-6,8-11,14-15,22,28H,7,12-13H2,1-3H3/b23-21+. The lowest BCUT2D eigenvalue weighted by Crippen LogP contribution is -2.31. The Morgan fingerprint density at radius 3 is 2.62 bits per heavy atom. The molecule has 32 heavy (non-hydrogen) atoms. The average Bonchev–Trinajstić information content (AvgIpc) is 3.27. The molecule has 1 aliphatic rings. The van der Waals surface area contributed by atoms with Crippen molar-refractivity contribution >= 4 is 28.4 Å². The molecule has 0 bridgehead atoms. The molecule has 7 nitrogen and oxygen atoms in total. The van der Waals surface area contributed by atoms with Gasteiger partial charge in [-0.05, 0) is 24.6 Å². The van der Waals surface area contributed by atoms with Gasteiger partial charge in [-0.25, -0.2) is 0 Å². The predicted octanol–water partition coefficient (Wildman–Crippen LogP) is 3.65. The maximum Gasteiger partial charge on any atom is 0.295 e. The average molecular weight is 434 g/mol. The highest BCUT2D eigenvalue weighted by Gasteiger charge is 2.46. The minimum absolute atomic E-state index is 0.0806. The first-order chi connectivity index (χ1) is 15.5. The highest BCUT2D eigenvalue weighted by atomic mass is 16.5. The third-order valence-corrected chi connectivity index (χ3v) is 5.85. The van der Waals surface area contributed by atoms with Crippen molar-refractivity contribution in [3.05, 3.63) is 71.4 Å². The van der Waals surface area contributed by atoms with E-state index in [1.807, 2.05) is 42.1 Å². The van der Waals surface area contributed by atoms with E-state index in [0.29, 0.717) is 30.9 Å². The number of para-hydroxylation sites is 1. The molecule has 4 rings (SSSR count). The minimum atomic E-state index is -0.704. The highest BCUT2D eigenvalue weighted by Crippen LogP contribution is 2.42. The van der Waals surface area contributed by atoms with Crippen molar-refractivity contribution in [2.75, 3.05) is 27.4 Å². The molecule has 1 unspecified atom stereocenters. The molecule has 1 aromatic heterocycles. The summed E-state index contributed by atoms with van der Waals surface area (Å²) in [5.41, 5.74) is 2.28. The fraction of sp³-hybridized carbons (Fsp3) is 0.280. The van der Waals surface area contributed by atoms with Crippen LogP contribution in [-0.4, -0.2) is 53.6 Å². The first-order valence-corrected chi connectivity index (χ1v) is 10.4. The van der Waals surface area contributed by atoms with Gasteiger partial charge in [-0.1, -0.05) is 30.3 Å². The maximum absolute atomic E-state index is 13.2. The third-order valence-electron chi connectivity index (χ3n) is 5.85. The summed E-state index contributed by atoms with van der Waals surface area (Å²) in [5.74, 6) is -0.983. The number of hydrogen-bond acceptors (Lipinski definition) is 5. The molecule has 1 aliphatic heterocycles. The molecule has 1 fully saturated rings. The van der Waals surface area contributed by atoms with Crippen LogP contribution in [0.25, 0.3) is 16.7 Å². The number of Topliss-reactive ketones (excluding diaryl/α,β-unsaturated/α-hetero) is 1. The van der Waals surface area contributed by atoms with Crippen molar-refractivity contribution in [3.8, 4) is 5.75 Å². The number of aliphatic hydroxyl groups excluding tert-OH is 1. The molecule has 7 heteroatoms. The lowest BCUT2D eigenvalue weighted by Gasteiger charge is -2.24. The quantitative estimate of drug-likeness (QED) is 0.266. The zero-order valence-corrected chi connectivity index (χ0v) is 18.4. The minimum Gasteiger partial charge on any atom is -0.507 e. The number of aromatic nitrogens is 1. The van der Waals surface area contributed by atoms with Crippen LogP contribution in [0.15, 0.2) is 60.3 Å². The van der Waals surface area contributed by atoms with Crippen LogP contribution in [0.3, 0.4) is 0 Å². The number of aliphatic hydroxyl groups is 1. The summed E-state index contributed by atoms with van der Waals surface area (Å²) in [6, 6.07) is 13.9. The second kappa shape index (κ2) is 8.88. The molecule has 166 valence electrons. The summed E-state index contributed by atoms with van der Waals surface area (Å²) in [7, 11) is 5.05. The van der Waals surface area contributed by atoms with E-state index in [-0.39, 0.29) is 11.3 Å². The molecular formula is C25H26N2O5. The molecule has 1 amide bonds. The third kappa shape index (κ3) is 3.65. The van der Waals surface area contributed by atoms with Crippen molar-refractivity contribution < 1.29 is 24.2 Å². The smallest absolute Gasteiger partial charge is 0.295 e. The number of carbonyl (C=O) groups excluding carboxylic acids is 2. The summed E-state index contributed by atoms with van der Waals surface area (Å²) in [6.45, 7) is 0.794. The van der Waals surface area contributed by atoms with Gasteiger partial charge in [0.25, 0.3) is 11.7 Å². The van der Waals surface area contributed by atoms with Crippen LogP contribution in [0.1, 0.15) is 23.6 Å². The van der Waals surface area contributed by atoms with Crippen molar-refractivity contribution in [2.45, 2.75) is 12.5 Å². The van der Waals surface area contributed by atoms with Gasteiger partial charge in [-0.2, -0.15) is 0 Å². The maximum atomic E-state index is 13.2. The van der Waals surface area contributed by atoms with Gasteiger partial charge in [-0.15, -0.1) is 0 Å². The van der Waals surface area contributed by atoms with Gasteiger partial charge in [0.1, 0.15) is 11.5 Å². The summed E-state index contributed by atoms with van der Waals surface area (Å²) in [5, 5.41) is 12.1. The number of amides is 1. The Morgan fingerprint density at radius 2 is 1.88 bits per heavy atom. The first-order valence-electron chi connectivity index (χ1n) is 10.4. The van der Waals surface area contributed by atoms with Gasteiger partial charge in [0.15, 0.2) is 0 Å². The molecule has 0 radical (unpaired) electrons. The van der Waals surface area contributed by atoms with Crippen molar-refractivity contribution in [3.63, 3.8) is 0 Å². The highest BCUT2D eigenvalue weighted by molar-refractivity contribution is 6.46. The molecule has 0 saturated carbocycles. The number of fused-ring (bicyclic) bond motifs is 1. The van der Waals surface area contributed by atoms with Crippen molar-refractivity contribution in [2.24, 2.45) is 7.05 Å². The Balaban J connectivity index is 1.92. The van der Waals surface area contributed by atoms with Crippen molar-refractivity contribution in [1.82, 2.24) is 9.47 Å². The number of aryl methyl sites for hydroxylation is 1.